The van der Waals surface area contributed by atoms with Crippen molar-refractivity contribution in [2.24, 2.45) is 0 Å². The van der Waals surface area contributed by atoms with E-state index >= 15 is 0 Å². The quantitative estimate of drug-likeness (QED) is 0.359. The number of carbonyl (C=O) groups is 2. The van der Waals surface area contributed by atoms with Crippen molar-refractivity contribution in [1.29, 1.82) is 0 Å². The van der Waals surface area contributed by atoms with Crippen molar-refractivity contribution in [2.45, 2.75) is 11.4 Å². The van der Waals surface area contributed by atoms with Crippen LogP contribution >= 0.6 is 23.2 Å². The van der Waals surface area contributed by atoms with Crippen molar-refractivity contribution in [2.75, 3.05) is 6.61 Å². The van der Waals surface area contributed by atoms with Crippen molar-refractivity contribution in [3.8, 4) is 5.75 Å². The second-order valence-electron chi connectivity index (χ2n) is 6.62. The lowest BCUT2D eigenvalue weighted by atomic mass is 10.1. The van der Waals surface area contributed by atoms with Crippen molar-refractivity contribution in [3.63, 3.8) is 0 Å². The van der Waals surface area contributed by atoms with Crippen LogP contribution in [0.5, 0.6) is 5.75 Å². The zero-order valence-electron chi connectivity index (χ0n) is 16.4. The van der Waals surface area contributed by atoms with Gasteiger partial charge < -0.3 is 9.84 Å². The van der Waals surface area contributed by atoms with E-state index in [9.17, 15) is 23.1 Å². The third-order valence-electron chi connectivity index (χ3n) is 4.38. The first-order valence-electron chi connectivity index (χ1n) is 9.19. The van der Waals surface area contributed by atoms with E-state index < -0.39 is 39.7 Å². The van der Waals surface area contributed by atoms with Crippen LogP contribution in [0.3, 0.4) is 0 Å². The number of phenolic OH excluding ortho intramolecular Hbond substituents is 1. The van der Waals surface area contributed by atoms with Gasteiger partial charge in [-0.1, -0.05) is 53.5 Å². The van der Waals surface area contributed by atoms with Crippen molar-refractivity contribution >= 4 is 45.0 Å². The summed E-state index contributed by atoms with van der Waals surface area (Å²) in [5.41, 5.74) is 0.530. The third kappa shape index (κ3) is 5.86. The Labute approximate surface area is 194 Å². The van der Waals surface area contributed by atoms with E-state index in [4.69, 9.17) is 27.9 Å². The smallest absolute Gasteiger partial charge is 0.342 e. The van der Waals surface area contributed by atoms with Gasteiger partial charge >= 0.3 is 5.97 Å². The molecular formula is C22H17Cl2NO6S. The first-order valence-corrected chi connectivity index (χ1v) is 11.4. The van der Waals surface area contributed by atoms with Gasteiger partial charge in [-0.15, -0.1) is 0 Å². The average molecular weight is 494 g/mol. The fraction of sp³-hybridized carbons (Fsp3) is 0.0909. The molecule has 32 heavy (non-hydrogen) atoms. The molecule has 0 spiro atoms. The summed E-state index contributed by atoms with van der Waals surface area (Å²) < 4.78 is 32.5. The molecule has 0 radical (unpaired) electrons. The Morgan fingerprint density at radius 1 is 0.938 bits per heavy atom. The molecule has 0 atom stereocenters. The summed E-state index contributed by atoms with van der Waals surface area (Å²) >= 11 is 11.7. The first-order chi connectivity index (χ1) is 15.2. The minimum absolute atomic E-state index is 0.0436. The van der Waals surface area contributed by atoms with Crippen molar-refractivity contribution in [3.05, 3.63) is 93.5 Å². The number of hydrogen-bond donors (Lipinski definition) is 2. The minimum atomic E-state index is -3.98. The van der Waals surface area contributed by atoms with E-state index in [1.54, 1.807) is 24.3 Å². The molecule has 0 saturated carbocycles. The molecule has 0 unspecified atom stereocenters. The lowest BCUT2D eigenvalue weighted by Crippen LogP contribution is -2.23. The Morgan fingerprint density at radius 3 is 2.34 bits per heavy atom. The van der Waals surface area contributed by atoms with Crippen molar-refractivity contribution < 1.29 is 27.9 Å². The van der Waals surface area contributed by atoms with Gasteiger partial charge in [-0.25, -0.2) is 17.9 Å². The highest BCUT2D eigenvalue weighted by Crippen LogP contribution is 2.24. The SMILES string of the molecule is O=C(COC(=O)c1cc(S(=O)(=O)NCc2ccccc2)ccc1O)c1ccc(Cl)c(Cl)c1. The van der Waals surface area contributed by atoms with Crippen LogP contribution in [-0.2, 0) is 21.3 Å². The molecule has 166 valence electrons. The molecule has 3 rings (SSSR count). The number of halogens is 2. The summed E-state index contributed by atoms with van der Waals surface area (Å²) in [4.78, 5) is 24.4. The summed E-state index contributed by atoms with van der Waals surface area (Å²) in [7, 11) is -3.98. The van der Waals surface area contributed by atoms with Crippen LogP contribution in [0.1, 0.15) is 26.3 Å². The van der Waals surface area contributed by atoms with E-state index in [1.165, 1.54) is 18.2 Å². The van der Waals surface area contributed by atoms with Crippen LogP contribution in [0.2, 0.25) is 10.0 Å². The summed E-state index contributed by atoms with van der Waals surface area (Å²) in [6, 6.07) is 16.3. The number of Topliss-reactive ketones (excluding diaryl/α,β-unsaturated/α-hetero) is 1. The number of aromatic hydroxyl groups is 1. The van der Waals surface area contributed by atoms with Gasteiger partial charge in [0.15, 0.2) is 12.4 Å². The standard InChI is InChI=1S/C22H17Cl2NO6S/c23-18-8-6-15(10-19(18)24)21(27)13-31-22(28)17-11-16(7-9-20(17)26)32(29,30)25-12-14-4-2-1-3-5-14/h1-11,25-26H,12-13H2. The normalized spacial score (nSPS) is 11.2. The first kappa shape index (κ1) is 23.7. The molecule has 3 aromatic carbocycles. The number of carbonyl (C=O) groups excluding carboxylic acids is 2. The van der Waals surface area contributed by atoms with Crippen molar-refractivity contribution in [1.82, 2.24) is 4.72 Å². The zero-order valence-corrected chi connectivity index (χ0v) is 18.7. The zero-order chi connectivity index (χ0) is 23.3. The molecule has 0 aromatic heterocycles. The summed E-state index contributed by atoms with van der Waals surface area (Å²) in [5.74, 6) is -2.10. The molecule has 0 heterocycles. The molecule has 0 aliphatic rings. The van der Waals surface area contributed by atoms with Crippen LogP contribution in [0.25, 0.3) is 0 Å². The van der Waals surface area contributed by atoms with E-state index in [-0.39, 0.29) is 27.0 Å². The van der Waals surface area contributed by atoms with E-state index in [0.29, 0.717) is 0 Å². The molecule has 0 saturated heterocycles. The predicted molar refractivity (Wildman–Crippen MR) is 120 cm³/mol. The summed E-state index contributed by atoms with van der Waals surface area (Å²) in [6.45, 7) is -0.596. The highest BCUT2D eigenvalue weighted by Gasteiger charge is 2.21. The van der Waals surface area contributed by atoms with Crippen LogP contribution in [-0.4, -0.2) is 31.9 Å². The molecule has 0 aliphatic carbocycles. The van der Waals surface area contributed by atoms with Crippen LogP contribution < -0.4 is 4.72 Å². The average Bonchev–Trinajstić information content (AvgIpc) is 2.78. The van der Waals surface area contributed by atoms with Gasteiger partial charge in [-0.2, -0.15) is 0 Å². The van der Waals surface area contributed by atoms with Gasteiger partial charge in [0.25, 0.3) is 0 Å². The minimum Gasteiger partial charge on any atom is -0.507 e. The number of nitrogens with one attached hydrogen (secondary N) is 1. The number of hydrogen-bond acceptors (Lipinski definition) is 6. The Kier molecular flexibility index (Phi) is 7.52. The molecule has 0 bridgehead atoms. The largest absolute Gasteiger partial charge is 0.507 e. The fourth-order valence-electron chi connectivity index (χ4n) is 2.67. The second kappa shape index (κ2) is 10.1. The maximum absolute atomic E-state index is 12.6. The molecule has 0 aliphatic heterocycles. The molecule has 0 fully saturated rings. The topological polar surface area (TPSA) is 110 Å². The van der Waals surface area contributed by atoms with E-state index in [2.05, 4.69) is 4.72 Å². The highest BCUT2D eigenvalue weighted by molar-refractivity contribution is 7.89. The maximum Gasteiger partial charge on any atom is 0.342 e. The van der Waals surface area contributed by atoms with Crippen LogP contribution in [0, 0.1) is 0 Å². The number of benzene rings is 3. The molecule has 0 amide bonds. The summed E-state index contributed by atoms with van der Waals surface area (Å²) in [6.07, 6.45) is 0. The summed E-state index contributed by atoms with van der Waals surface area (Å²) in [5, 5.41) is 10.4. The molecule has 10 heteroatoms. The van der Waals surface area contributed by atoms with Gasteiger partial charge in [-0.3, -0.25) is 4.79 Å². The van der Waals surface area contributed by atoms with Gasteiger partial charge in [0.05, 0.1) is 14.9 Å². The molecular weight excluding hydrogens is 477 g/mol. The number of ether oxygens (including phenoxy) is 1. The number of sulfonamides is 1. The molecule has 3 aromatic rings. The predicted octanol–water partition coefficient (Wildman–Crippen LogP) is 4.22. The highest BCUT2D eigenvalue weighted by atomic mass is 35.5. The fourth-order valence-corrected chi connectivity index (χ4v) is 4.01. The number of rotatable bonds is 8. The van der Waals surface area contributed by atoms with Gasteiger partial charge in [0, 0.05) is 12.1 Å². The van der Waals surface area contributed by atoms with E-state index in [1.807, 2.05) is 6.07 Å². The number of phenols is 1. The Balaban J connectivity index is 1.70. The van der Waals surface area contributed by atoms with Gasteiger partial charge in [0.2, 0.25) is 10.0 Å². The molecule has 7 nitrogen and oxygen atoms in total. The van der Waals surface area contributed by atoms with Gasteiger partial charge in [-0.05, 0) is 42.0 Å². The number of ketones is 1. The maximum atomic E-state index is 12.6. The second-order valence-corrected chi connectivity index (χ2v) is 9.20. The van der Waals surface area contributed by atoms with Crippen LogP contribution in [0.4, 0.5) is 0 Å². The molecule has 2 N–H and O–H groups in total. The lowest BCUT2D eigenvalue weighted by Gasteiger charge is -2.10. The monoisotopic (exact) mass is 493 g/mol. The Hall–Kier alpha value is -2.91. The Bertz CT molecular complexity index is 1260. The van der Waals surface area contributed by atoms with Crippen LogP contribution in [0.15, 0.2) is 71.6 Å². The lowest BCUT2D eigenvalue weighted by molar-refractivity contribution is 0.0471. The van der Waals surface area contributed by atoms with E-state index in [0.717, 1.165) is 23.8 Å². The number of esters is 1. The third-order valence-corrected chi connectivity index (χ3v) is 6.52. The van der Waals surface area contributed by atoms with Gasteiger partial charge in [0.1, 0.15) is 11.3 Å². The Morgan fingerprint density at radius 2 is 1.66 bits per heavy atom.